The summed E-state index contributed by atoms with van der Waals surface area (Å²) in [6.07, 6.45) is 1.83. The third-order valence-electron chi connectivity index (χ3n) is 3.90. The summed E-state index contributed by atoms with van der Waals surface area (Å²) in [5, 5.41) is 22.9. The van der Waals surface area contributed by atoms with Gasteiger partial charge in [-0.15, -0.1) is 0 Å². The summed E-state index contributed by atoms with van der Waals surface area (Å²) < 4.78 is 0. The van der Waals surface area contributed by atoms with Crippen LogP contribution in [0.25, 0.3) is 0 Å². The van der Waals surface area contributed by atoms with Crippen LogP contribution in [0.2, 0.25) is 0 Å². The van der Waals surface area contributed by atoms with Gasteiger partial charge in [-0.2, -0.15) is 5.12 Å². The third-order valence-corrected chi connectivity index (χ3v) is 3.90. The molecule has 1 aromatic carbocycles. The van der Waals surface area contributed by atoms with Crippen LogP contribution in [-0.4, -0.2) is 41.0 Å². The highest BCUT2D eigenvalue weighted by Crippen LogP contribution is 2.34. The molecule has 1 aromatic rings. The Morgan fingerprint density at radius 1 is 1.48 bits per heavy atom. The molecule has 0 aromatic heterocycles. The molecular formula is C15H26N6O2. The molecule has 128 valence electrons. The molecule has 23 heavy (non-hydrogen) atoms. The van der Waals surface area contributed by atoms with Crippen molar-refractivity contribution in [1.29, 1.82) is 0 Å². The topological polar surface area (TPSA) is 132 Å². The smallest absolute Gasteiger partial charge is 0.205 e. The Labute approximate surface area is 136 Å². The molecule has 1 aliphatic heterocycles. The monoisotopic (exact) mass is 322 g/mol. The van der Waals surface area contributed by atoms with Gasteiger partial charge in [-0.1, -0.05) is 6.07 Å². The highest BCUT2D eigenvalue weighted by atomic mass is 16.3. The highest BCUT2D eigenvalue weighted by molar-refractivity contribution is 5.77. The molecule has 8 nitrogen and oxygen atoms in total. The number of aliphatic imine (C=N–C) groups is 1. The number of nitrogens with two attached hydrogens (primary N) is 2. The van der Waals surface area contributed by atoms with Gasteiger partial charge < -0.3 is 21.3 Å². The number of guanidine groups is 1. The number of aliphatic hydroxyl groups is 2. The first-order valence-electron chi connectivity index (χ1n) is 7.76. The molecule has 1 heterocycles. The van der Waals surface area contributed by atoms with E-state index in [2.05, 4.69) is 21.8 Å². The van der Waals surface area contributed by atoms with Crippen LogP contribution in [0.1, 0.15) is 35.6 Å². The largest absolute Gasteiger partial charge is 0.395 e. The third kappa shape index (κ3) is 4.55. The number of nitrogens with zero attached hydrogens (tertiary/aromatic N) is 2. The van der Waals surface area contributed by atoms with E-state index in [0.29, 0.717) is 0 Å². The lowest BCUT2D eigenvalue weighted by molar-refractivity contribution is 0.174. The predicted molar refractivity (Wildman–Crippen MR) is 90.3 cm³/mol. The zero-order chi connectivity index (χ0) is 16.8. The zero-order valence-corrected chi connectivity index (χ0v) is 13.4. The quantitative estimate of drug-likeness (QED) is 0.190. The maximum absolute atomic E-state index is 9.43. The number of rotatable bonds is 5. The number of aryl methyl sites for hydroxylation is 1. The number of aliphatic hydroxyl groups excluding tert-OH is 2. The van der Waals surface area contributed by atoms with Crippen molar-refractivity contribution in [2.75, 3.05) is 25.0 Å². The van der Waals surface area contributed by atoms with Gasteiger partial charge in [-0.25, -0.2) is 4.99 Å². The lowest BCUT2D eigenvalue weighted by Gasteiger charge is -2.20. The Morgan fingerprint density at radius 3 is 2.96 bits per heavy atom. The second-order valence-electron chi connectivity index (χ2n) is 5.65. The summed E-state index contributed by atoms with van der Waals surface area (Å²) in [6.45, 7) is 3.02. The maximum Gasteiger partial charge on any atom is 0.205 e. The fourth-order valence-electron chi connectivity index (χ4n) is 2.69. The second-order valence-corrected chi connectivity index (χ2v) is 5.65. The number of anilines is 1. The van der Waals surface area contributed by atoms with Gasteiger partial charge in [0.2, 0.25) is 5.96 Å². The highest BCUT2D eigenvalue weighted by Gasteiger charge is 2.20. The molecule has 2 rings (SSSR count). The van der Waals surface area contributed by atoms with E-state index in [0.717, 1.165) is 41.8 Å². The fourth-order valence-corrected chi connectivity index (χ4v) is 2.69. The molecule has 0 aliphatic carbocycles. The molecule has 0 bridgehead atoms. The van der Waals surface area contributed by atoms with Crippen LogP contribution in [0.15, 0.2) is 17.1 Å². The van der Waals surface area contributed by atoms with Crippen molar-refractivity contribution >= 4 is 11.6 Å². The zero-order valence-electron chi connectivity index (χ0n) is 13.4. The average Bonchev–Trinajstić information content (AvgIpc) is 2.69. The van der Waals surface area contributed by atoms with Gasteiger partial charge in [0.25, 0.3) is 0 Å². The van der Waals surface area contributed by atoms with Crippen molar-refractivity contribution in [1.82, 2.24) is 10.5 Å². The number of nitrogens with one attached hydrogen (secondary N) is 2. The van der Waals surface area contributed by atoms with Gasteiger partial charge in [0.05, 0.1) is 25.8 Å². The lowest BCUT2D eigenvalue weighted by Crippen LogP contribution is -2.51. The van der Waals surface area contributed by atoms with Crippen molar-refractivity contribution in [3.05, 3.63) is 28.8 Å². The van der Waals surface area contributed by atoms with Crippen molar-refractivity contribution in [2.45, 2.75) is 32.4 Å². The summed E-state index contributed by atoms with van der Waals surface area (Å²) >= 11 is 0. The van der Waals surface area contributed by atoms with Gasteiger partial charge >= 0.3 is 0 Å². The molecule has 0 saturated heterocycles. The summed E-state index contributed by atoms with van der Waals surface area (Å²) in [6, 6.07) is 3.94. The Bertz CT molecular complexity index is 563. The Kier molecular flexibility index (Phi) is 6.17. The van der Waals surface area contributed by atoms with E-state index in [-0.39, 0.29) is 31.8 Å². The van der Waals surface area contributed by atoms with Crippen molar-refractivity contribution in [3.63, 3.8) is 0 Å². The van der Waals surface area contributed by atoms with E-state index in [4.69, 9.17) is 16.7 Å². The number of hydrogen-bond donors (Lipinski definition) is 6. The van der Waals surface area contributed by atoms with Gasteiger partial charge in [0, 0.05) is 17.8 Å². The minimum Gasteiger partial charge on any atom is -0.395 e. The van der Waals surface area contributed by atoms with E-state index in [1.807, 2.05) is 13.0 Å². The summed E-state index contributed by atoms with van der Waals surface area (Å²) in [5.41, 5.74) is 12.6. The molecule has 1 atom stereocenters. The van der Waals surface area contributed by atoms with Gasteiger partial charge in [0.1, 0.15) is 0 Å². The van der Waals surface area contributed by atoms with Crippen LogP contribution in [0.5, 0.6) is 0 Å². The minimum absolute atomic E-state index is 0.0156. The second kappa shape index (κ2) is 8.11. The Balaban J connectivity index is 2.25. The summed E-state index contributed by atoms with van der Waals surface area (Å²) in [7, 11) is 0. The van der Waals surface area contributed by atoms with Crippen LogP contribution in [-0.2, 0) is 6.61 Å². The summed E-state index contributed by atoms with van der Waals surface area (Å²) in [4.78, 5) is 4.53. The molecular weight excluding hydrogens is 296 g/mol. The first-order chi connectivity index (χ1) is 11.0. The molecule has 0 radical (unpaired) electrons. The van der Waals surface area contributed by atoms with Crippen LogP contribution < -0.4 is 22.3 Å². The molecule has 1 unspecified atom stereocenters. The molecule has 0 amide bonds. The molecule has 8 N–H and O–H groups in total. The number of fused-ring (bicyclic) bond motifs is 1. The van der Waals surface area contributed by atoms with Gasteiger partial charge in [0.15, 0.2) is 0 Å². The molecule has 1 aliphatic rings. The van der Waals surface area contributed by atoms with Crippen LogP contribution in [0, 0.1) is 6.92 Å². The number of benzene rings is 1. The van der Waals surface area contributed by atoms with Crippen molar-refractivity contribution < 1.29 is 10.2 Å². The number of hydrogen-bond acceptors (Lipinski definition) is 6. The van der Waals surface area contributed by atoms with E-state index in [9.17, 15) is 5.11 Å². The molecule has 0 fully saturated rings. The van der Waals surface area contributed by atoms with Crippen LogP contribution in [0.3, 0.4) is 0 Å². The lowest BCUT2D eigenvalue weighted by atomic mass is 9.97. The molecule has 0 saturated carbocycles. The standard InChI is InChI=1S/C15H26N6O2/c1-10-7-12-13(19-15(16)20-21(17)5-6-22)3-2-4-18-14(12)8-11(10)9-23/h7-8,13,18,22-23H,2-6,9,17H2,1H3,(H3,16,19,20). The SMILES string of the molecule is Cc1cc2c(cc1CO)NCCCC2N=C(N)NN(N)CCO. The summed E-state index contributed by atoms with van der Waals surface area (Å²) in [5.74, 6) is 5.85. The van der Waals surface area contributed by atoms with Gasteiger partial charge in [-0.3, -0.25) is 11.3 Å². The fraction of sp³-hybridized carbons (Fsp3) is 0.533. The van der Waals surface area contributed by atoms with Crippen molar-refractivity contribution in [2.24, 2.45) is 16.6 Å². The molecule has 0 spiro atoms. The maximum atomic E-state index is 9.43. The van der Waals surface area contributed by atoms with E-state index >= 15 is 0 Å². The predicted octanol–water partition coefficient (Wildman–Crippen LogP) is -0.279. The molecule has 8 heteroatoms. The van der Waals surface area contributed by atoms with Crippen LogP contribution >= 0.6 is 0 Å². The normalized spacial score (nSPS) is 18.3. The first-order valence-corrected chi connectivity index (χ1v) is 7.76. The number of hydrazine groups is 2. The average molecular weight is 322 g/mol. The first kappa shape index (κ1) is 17.5. The Morgan fingerprint density at radius 2 is 2.26 bits per heavy atom. The Hall–Kier alpha value is -1.87. The van der Waals surface area contributed by atoms with Gasteiger partial charge in [-0.05, 0) is 37.0 Å². The van der Waals surface area contributed by atoms with E-state index < -0.39 is 0 Å². The van der Waals surface area contributed by atoms with Crippen LogP contribution in [0.4, 0.5) is 5.69 Å². The van der Waals surface area contributed by atoms with E-state index in [1.54, 1.807) is 0 Å². The van der Waals surface area contributed by atoms with E-state index in [1.165, 1.54) is 5.12 Å². The minimum atomic E-state index is -0.0820. The van der Waals surface area contributed by atoms with Crippen molar-refractivity contribution in [3.8, 4) is 0 Å².